The number of Topliss-reactive ketones (excluding diaryl/α,β-unsaturated/α-hetero) is 1. The van der Waals surface area contributed by atoms with Gasteiger partial charge in [0.05, 0.1) is 12.4 Å². The molecule has 0 unspecified atom stereocenters. The summed E-state index contributed by atoms with van der Waals surface area (Å²) in [6.07, 6.45) is 0. The Labute approximate surface area is 138 Å². The Bertz CT molecular complexity index is 612. The predicted molar refractivity (Wildman–Crippen MR) is 91.3 cm³/mol. The lowest BCUT2D eigenvalue weighted by atomic mass is 10.1. The first-order valence-corrected chi connectivity index (χ1v) is 8.87. The Kier molecular flexibility index (Phi) is 6.21. The summed E-state index contributed by atoms with van der Waals surface area (Å²) < 4.78 is 6.16. The lowest BCUT2D eigenvalue weighted by Crippen LogP contribution is -2.08. The zero-order valence-corrected chi connectivity index (χ0v) is 14.5. The number of nitrogens with one attached hydrogen (secondary N) is 1. The second-order valence-corrected chi connectivity index (χ2v) is 7.04. The molecule has 1 N–H and O–H groups in total. The van der Waals surface area contributed by atoms with Gasteiger partial charge in [-0.3, -0.25) is 4.79 Å². The fourth-order valence-corrected chi connectivity index (χ4v) is 3.48. The van der Waals surface area contributed by atoms with Gasteiger partial charge >= 0.3 is 0 Å². The largest absolute Gasteiger partial charge is 0.494 e. The maximum absolute atomic E-state index is 12.2. The van der Waals surface area contributed by atoms with E-state index in [-0.39, 0.29) is 5.78 Å². The third-order valence-electron chi connectivity index (χ3n) is 2.63. The van der Waals surface area contributed by atoms with Crippen LogP contribution in [0.1, 0.15) is 31.1 Å². The van der Waals surface area contributed by atoms with Crippen LogP contribution in [0.2, 0.25) is 0 Å². The molecular formula is C15H19N3O2S2. The van der Waals surface area contributed by atoms with E-state index in [4.69, 9.17) is 4.74 Å². The molecule has 0 saturated carbocycles. The fourth-order valence-electron chi connectivity index (χ4n) is 1.69. The summed E-state index contributed by atoms with van der Waals surface area (Å²) in [6, 6.07) is 7.53. The molecule has 0 saturated heterocycles. The summed E-state index contributed by atoms with van der Waals surface area (Å²) in [5.74, 6) is 1.20. The third kappa shape index (κ3) is 4.99. The Balaban J connectivity index is 1.88. The number of ketones is 1. The van der Waals surface area contributed by atoms with Crippen LogP contribution in [0, 0.1) is 0 Å². The van der Waals surface area contributed by atoms with Gasteiger partial charge in [-0.15, -0.1) is 10.2 Å². The smallest absolute Gasteiger partial charge is 0.206 e. The molecule has 0 amide bonds. The highest BCUT2D eigenvalue weighted by molar-refractivity contribution is 8.01. The van der Waals surface area contributed by atoms with Crippen molar-refractivity contribution < 1.29 is 9.53 Å². The lowest BCUT2D eigenvalue weighted by Gasteiger charge is -2.04. The molecule has 0 aliphatic rings. The van der Waals surface area contributed by atoms with Crippen molar-refractivity contribution in [2.45, 2.75) is 31.2 Å². The molecule has 1 aromatic heterocycles. The number of rotatable bonds is 8. The van der Waals surface area contributed by atoms with E-state index in [0.717, 1.165) is 15.2 Å². The van der Waals surface area contributed by atoms with Crippen LogP contribution in [0.25, 0.3) is 0 Å². The van der Waals surface area contributed by atoms with Crippen molar-refractivity contribution in [3.05, 3.63) is 29.8 Å². The van der Waals surface area contributed by atoms with Crippen LogP contribution in [-0.4, -0.2) is 34.4 Å². The molecule has 7 heteroatoms. The van der Waals surface area contributed by atoms with Gasteiger partial charge in [0, 0.05) is 11.6 Å². The molecular weight excluding hydrogens is 318 g/mol. The Morgan fingerprint density at radius 3 is 2.68 bits per heavy atom. The minimum absolute atomic E-state index is 0.0709. The second kappa shape index (κ2) is 8.14. The quantitative estimate of drug-likeness (QED) is 0.585. The van der Waals surface area contributed by atoms with Crippen LogP contribution in [0.15, 0.2) is 28.6 Å². The normalized spacial score (nSPS) is 10.7. The Morgan fingerprint density at radius 2 is 2.05 bits per heavy atom. The van der Waals surface area contributed by atoms with Crippen LogP contribution in [0.5, 0.6) is 5.75 Å². The number of carbonyl (C=O) groups is 1. The van der Waals surface area contributed by atoms with Crippen molar-refractivity contribution in [2.75, 3.05) is 17.7 Å². The van der Waals surface area contributed by atoms with Gasteiger partial charge in [0.25, 0.3) is 0 Å². The molecule has 22 heavy (non-hydrogen) atoms. The van der Waals surface area contributed by atoms with Gasteiger partial charge in [0.15, 0.2) is 10.1 Å². The molecule has 0 bridgehead atoms. The van der Waals surface area contributed by atoms with E-state index in [1.807, 2.05) is 32.9 Å². The maximum Gasteiger partial charge on any atom is 0.206 e. The van der Waals surface area contributed by atoms with E-state index >= 15 is 0 Å². The van der Waals surface area contributed by atoms with Gasteiger partial charge in [-0.05, 0) is 45.0 Å². The zero-order chi connectivity index (χ0) is 15.9. The molecule has 2 aromatic rings. The van der Waals surface area contributed by atoms with E-state index in [1.165, 1.54) is 23.1 Å². The Morgan fingerprint density at radius 1 is 1.32 bits per heavy atom. The number of nitrogens with zero attached hydrogens (tertiary/aromatic N) is 2. The SMILES string of the molecule is CCOc1ccc(C(=O)CSc2nnc(NC(C)C)s2)cc1. The summed E-state index contributed by atoms with van der Waals surface area (Å²) in [5, 5.41) is 12.1. The van der Waals surface area contributed by atoms with Crippen LogP contribution in [0.3, 0.4) is 0 Å². The average molecular weight is 337 g/mol. The highest BCUT2D eigenvalue weighted by Crippen LogP contribution is 2.26. The zero-order valence-electron chi connectivity index (χ0n) is 12.8. The fraction of sp³-hybridized carbons (Fsp3) is 0.400. The first-order valence-electron chi connectivity index (χ1n) is 7.07. The molecule has 2 rings (SSSR count). The number of anilines is 1. The summed E-state index contributed by atoms with van der Waals surface area (Å²) in [4.78, 5) is 12.2. The van der Waals surface area contributed by atoms with Gasteiger partial charge in [0.1, 0.15) is 5.75 Å². The Hall–Kier alpha value is -1.60. The molecule has 0 radical (unpaired) electrons. The van der Waals surface area contributed by atoms with E-state index in [2.05, 4.69) is 15.5 Å². The molecule has 0 spiro atoms. The van der Waals surface area contributed by atoms with Gasteiger partial charge < -0.3 is 10.1 Å². The first kappa shape index (κ1) is 16.8. The van der Waals surface area contributed by atoms with E-state index in [1.54, 1.807) is 12.1 Å². The molecule has 0 atom stereocenters. The first-order chi connectivity index (χ1) is 10.6. The second-order valence-electron chi connectivity index (χ2n) is 4.84. The van der Waals surface area contributed by atoms with Crippen molar-refractivity contribution in [3.8, 4) is 5.75 Å². The average Bonchev–Trinajstić information content (AvgIpc) is 2.92. The van der Waals surface area contributed by atoms with Crippen molar-refractivity contribution in [2.24, 2.45) is 0 Å². The number of ether oxygens (including phenoxy) is 1. The predicted octanol–water partition coefficient (Wildman–Crippen LogP) is 3.73. The van der Waals surface area contributed by atoms with Gasteiger partial charge in [-0.1, -0.05) is 23.1 Å². The van der Waals surface area contributed by atoms with E-state index in [9.17, 15) is 4.79 Å². The van der Waals surface area contributed by atoms with Crippen LogP contribution < -0.4 is 10.1 Å². The summed E-state index contributed by atoms with van der Waals surface area (Å²) >= 11 is 2.87. The van der Waals surface area contributed by atoms with Crippen LogP contribution in [-0.2, 0) is 0 Å². The monoisotopic (exact) mass is 337 g/mol. The molecule has 0 aliphatic heterocycles. The van der Waals surface area contributed by atoms with Crippen LogP contribution >= 0.6 is 23.1 Å². The van der Waals surface area contributed by atoms with Crippen molar-refractivity contribution in [1.29, 1.82) is 0 Å². The van der Waals surface area contributed by atoms with Crippen LogP contribution in [0.4, 0.5) is 5.13 Å². The molecule has 1 heterocycles. The lowest BCUT2D eigenvalue weighted by molar-refractivity contribution is 0.102. The van der Waals surface area contributed by atoms with Crippen molar-refractivity contribution in [3.63, 3.8) is 0 Å². The number of thioether (sulfide) groups is 1. The molecule has 1 aromatic carbocycles. The standard InChI is InChI=1S/C15H19N3O2S2/c1-4-20-12-7-5-11(6-8-12)13(19)9-21-15-18-17-14(22-15)16-10(2)3/h5-8,10H,4,9H2,1-3H3,(H,16,17). The number of aromatic nitrogens is 2. The number of hydrogen-bond donors (Lipinski definition) is 1. The maximum atomic E-state index is 12.2. The minimum atomic E-state index is 0.0709. The third-order valence-corrected chi connectivity index (χ3v) is 4.62. The number of benzene rings is 1. The van der Waals surface area contributed by atoms with E-state index in [0.29, 0.717) is 24.0 Å². The minimum Gasteiger partial charge on any atom is -0.494 e. The number of carbonyl (C=O) groups excluding carboxylic acids is 1. The number of hydrogen-bond acceptors (Lipinski definition) is 7. The van der Waals surface area contributed by atoms with Gasteiger partial charge in [-0.25, -0.2) is 0 Å². The van der Waals surface area contributed by atoms with Crippen molar-refractivity contribution in [1.82, 2.24) is 10.2 Å². The topological polar surface area (TPSA) is 64.1 Å². The molecule has 0 aliphatic carbocycles. The molecule has 118 valence electrons. The van der Waals surface area contributed by atoms with Gasteiger partial charge in [-0.2, -0.15) is 0 Å². The highest BCUT2D eigenvalue weighted by Gasteiger charge is 2.10. The summed E-state index contributed by atoms with van der Waals surface area (Å²) in [5.41, 5.74) is 0.681. The molecule has 0 fully saturated rings. The summed E-state index contributed by atoms with van der Waals surface area (Å²) in [7, 11) is 0. The summed E-state index contributed by atoms with van der Waals surface area (Å²) in [6.45, 7) is 6.64. The molecule has 5 nitrogen and oxygen atoms in total. The highest BCUT2D eigenvalue weighted by atomic mass is 32.2. The van der Waals surface area contributed by atoms with Crippen molar-refractivity contribution >= 4 is 34.0 Å². The van der Waals surface area contributed by atoms with E-state index < -0.39 is 0 Å². The van der Waals surface area contributed by atoms with Gasteiger partial charge in [0.2, 0.25) is 5.13 Å².